The summed E-state index contributed by atoms with van der Waals surface area (Å²) in [4.78, 5) is 37.5. The number of nitrogens with zero attached hydrogens (tertiary/aromatic N) is 3. The summed E-state index contributed by atoms with van der Waals surface area (Å²) in [6.07, 6.45) is 3.49. The second-order valence-electron chi connectivity index (χ2n) is 8.95. The fourth-order valence-corrected chi connectivity index (χ4v) is 6.99. The number of fused-ring (bicyclic) bond motifs is 2. The zero-order valence-corrected chi connectivity index (χ0v) is 24.7. The van der Waals surface area contributed by atoms with Crippen LogP contribution in [0.4, 0.5) is 0 Å². The van der Waals surface area contributed by atoms with E-state index in [0.29, 0.717) is 31.5 Å². The summed E-state index contributed by atoms with van der Waals surface area (Å²) in [7, 11) is 0. The molecule has 0 spiro atoms. The number of halogens is 1. The molecule has 3 aromatic heterocycles. The van der Waals surface area contributed by atoms with Crippen LogP contribution < -0.4 is 14.9 Å². The number of thiazole rings is 1. The number of furan rings is 1. The highest BCUT2D eigenvalue weighted by Gasteiger charge is 2.33. The maximum Gasteiger partial charge on any atom is 0.338 e. The van der Waals surface area contributed by atoms with Crippen LogP contribution in [0.2, 0.25) is 0 Å². The largest absolute Gasteiger partial charge is 0.463 e. The van der Waals surface area contributed by atoms with Crippen LogP contribution in [0.15, 0.2) is 113 Å². The highest BCUT2D eigenvalue weighted by molar-refractivity contribution is 9.10. The third kappa shape index (κ3) is 4.98. The molecule has 5 aromatic rings. The maximum atomic E-state index is 13.8. The van der Waals surface area contributed by atoms with Crippen LogP contribution in [-0.2, 0) is 9.53 Å². The SMILES string of the molecule is CCOC(=O)C1=C(C)N=c2s/c(=C\c3ccc(Sc4cccc5cccnc45)o3)c(=O)n2[C@@H]1c1cccc(Br)c1. The third-order valence-corrected chi connectivity index (χ3v) is 8.81. The van der Waals surface area contributed by atoms with E-state index in [0.717, 1.165) is 25.8 Å². The molecule has 0 bridgehead atoms. The van der Waals surface area contributed by atoms with Gasteiger partial charge in [0.2, 0.25) is 0 Å². The molecular weight excluding hydrogens is 610 g/mol. The quantitative estimate of drug-likeness (QED) is 0.218. The molecule has 40 heavy (non-hydrogen) atoms. The van der Waals surface area contributed by atoms with E-state index >= 15 is 0 Å². The Hall–Kier alpha value is -3.73. The van der Waals surface area contributed by atoms with Crippen LogP contribution in [0.1, 0.15) is 31.2 Å². The van der Waals surface area contributed by atoms with Gasteiger partial charge in [-0.15, -0.1) is 0 Å². The number of esters is 1. The first-order valence-corrected chi connectivity index (χ1v) is 14.9. The number of hydrogen-bond donors (Lipinski definition) is 0. The lowest BCUT2D eigenvalue weighted by atomic mass is 9.96. The first kappa shape index (κ1) is 26.5. The number of hydrogen-bond acceptors (Lipinski definition) is 8. The van der Waals surface area contributed by atoms with E-state index in [2.05, 4.69) is 25.9 Å². The molecule has 0 unspecified atom stereocenters. The second-order valence-corrected chi connectivity index (χ2v) is 11.9. The summed E-state index contributed by atoms with van der Waals surface area (Å²) in [6.45, 7) is 3.75. The van der Waals surface area contributed by atoms with Gasteiger partial charge < -0.3 is 9.15 Å². The molecule has 7 nitrogen and oxygen atoms in total. The van der Waals surface area contributed by atoms with Crippen molar-refractivity contribution in [3.63, 3.8) is 0 Å². The van der Waals surface area contributed by atoms with E-state index in [1.807, 2.05) is 66.7 Å². The predicted molar refractivity (Wildman–Crippen MR) is 159 cm³/mol. The number of para-hydroxylation sites is 1. The lowest BCUT2D eigenvalue weighted by molar-refractivity contribution is -0.139. The van der Waals surface area contributed by atoms with Crippen molar-refractivity contribution in [1.82, 2.24) is 9.55 Å². The van der Waals surface area contributed by atoms with E-state index in [9.17, 15) is 9.59 Å². The van der Waals surface area contributed by atoms with Crippen LogP contribution in [0.5, 0.6) is 0 Å². The summed E-state index contributed by atoms with van der Waals surface area (Å²) in [5, 5.41) is 1.74. The van der Waals surface area contributed by atoms with Gasteiger partial charge in [0.1, 0.15) is 5.76 Å². The first-order valence-electron chi connectivity index (χ1n) is 12.5. The highest BCUT2D eigenvalue weighted by atomic mass is 79.9. The Bertz CT molecular complexity index is 1980. The standard InChI is InChI=1S/C30H22BrN3O4S2/c1-3-37-29(36)25-17(2)33-30-34(27(25)19-8-4-10-20(31)15-19)28(35)23(40-30)16-21-12-13-24(38-21)39-22-11-5-7-18-9-6-14-32-26(18)22/h4-16,27H,3H2,1-2H3/b23-16-/t27-/m1/s1. The Morgan fingerprint density at radius 3 is 2.83 bits per heavy atom. The zero-order chi connectivity index (χ0) is 27.8. The Balaban J connectivity index is 1.41. The Labute approximate surface area is 245 Å². The molecular formula is C30H22BrN3O4S2. The third-order valence-electron chi connectivity index (χ3n) is 6.36. The molecule has 0 aliphatic carbocycles. The van der Waals surface area contributed by atoms with E-state index in [1.165, 1.54) is 23.1 Å². The Morgan fingerprint density at radius 2 is 2.00 bits per heavy atom. The minimum absolute atomic E-state index is 0.221. The topological polar surface area (TPSA) is 86.7 Å². The van der Waals surface area contributed by atoms with Crippen molar-refractivity contribution < 1.29 is 13.9 Å². The molecule has 10 heteroatoms. The minimum atomic E-state index is -0.670. The van der Waals surface area contributed by atoms with Crippen molar-refractivity contribution in [3.8, 4) is 0 Å². The van der Waals surface area contributed by atoms with Gasteiger partial charge in [-0.1, -0.05) is 57.6 Å². The van der Waals surface area contributed by atoms with Crippen LogP contribution in [0, 0.1) is 0 Å². The summed E-state index contributed by atoms with van der Waals surface area (Å²) < 4.78 is 14.3. The fourth-order valence-electron chi connectivity index (χ4n) is 4.65. The van der Waals surface area contributed by atoms with Gasteiger partial charge in [0.05, 0.1) is 34.0 Å². The number of allylic oxidation sites excluding steroid dienone is 1. The number of aromatic nitrogens is 2. The molecule has 1 aliphatic heterocycles. The number of carbonyl (C=O) groups excluding carboxylic acids is 1. The van der Waals surface area contributed by atoms with Crippen molar-refractivity contribution >= 4 is 62.0 Å². The van der Waals surface area contributed by atoms with Gasteiger partial charge in [0, 0.05) is 27.0 Å². The second kappa shape index (κ2) is 11.0. The number of benzene rings is 2. The highest BCUT2D eigenvalue weighted by Crippen LogP contribution is 2.34. The van der Waals surface area contributed by atoms with E-state index in [-0.39, 0.29) is 12.2 Å². The van der Waals surface area contributed by atoms with Crippen molar-refractivity contribution in [2.24, 2.45) is 4.99 Å². The van der Waals surface area contributed by atoms with Gasteiger partial charge in [-0.05, 0) is 67.6 Å². The lowest BCUT2D eigenvalue weighted by Gasteiger charge is -2.24. The first-order chi connectivity index (χ1) is 19.4. The van der Waals surface area contributed by atoms with Gasteiger partial charge in [0.25, 0.3) is 5.56 Å². The smallest absolute Gasteiger partial charge is 0.338 e. The van der Waals surface area contributed by atoms with Gasteiger partial charge in [0.15, 0.2) is 9.89 Å². The average Bonchev–Trinajstić information content (AvgIpc) is 3.51. The van der Waals surface area contributed by atoms with E-state index in [4.69, 9.17) is 9.15 Å². The number of carbonyl (C=O) groups is 1. The zero-order valence-electron chi connectivity index (χ0n) is 21.5. The Morgan fingerprint density at radius 1 is 1.18 bits per heavy atom. The summed E-state index contributed by atoms with van der Waals surface area (Å²) in [5.41, 5.74) is 2.30. The van der Waals surface area contributed by atoms with Gasteiger partial charge >= 0.3 is 5.97 Å². The van der Waals surface area contributed by atoms with Gasteiger partial charge in [-0.25, -0.2) is 9.79 Å². The molecule has 1 aliphatic rings. The van der Waals surface area contributed by atoms with Gasteiger partial charge in [-0.3, -0.25) is 14.3 Å². The maximum absolute atomic E-state index is 13.8. The van der Waals surface area contributed by atoms with Crippen LogP contribution in [0.3, 0.4) is 0 Å². The molecule has 0 fully saturated rings. The van der Waals surface area contributed by atoms with Crippen molar-refractivity contribution in [2.75, 3.05) is 6.61 Å². The molecule has 0 saturated carbocycles. The number of rotatable bonds is 6. The summed E-state index contributed by atoms with van der Waals surface area (Å²) in [6, 6.07) is 20.6. The van der Waals surface area contributed by atoms with E-state index < -0.39 is 12.0 Å². The molecule has 0 N–H and O–H groups in total. The summed E-state index contributed by atoms with van der Waals surface area (Å²) in [5.74, 6) is 0.0555. The van der Waals surface area contributed by atoms with Crippen LogP contribution in [-0.4, -0.2) is 22.1 Å². The molecule has 1 atom stereocenters. The fraction of sp³-hybridized carbons (Fsp3) is 0.133. The van der Waals surface area contributed by atoms with Crippen LogP contribution >= 0.6 is 39.0 Å². The van der Waals surface area contributed by atoms with Crippen LogP contribution in [0.25, 0.3) is 17.0 Å². The molecule has 0 saturated heterocycles. The Kier molecular flexibility index (Phi) is 7.31. The van der Waals surface area contributed by atoms with E-state index in [1.54, 1.807) is 30.7 Å². The lowest BCUT2D eigenvalue weighted by Crippen LogP contribution is -2.39. The average molecular weight is 633 g/mol. The molecule has 200 valence electrons. The van der Waals surface area contributed by atoms with Crippen molar-refractivity contribution in [2.45, 2.75) is 29.9 Å². The normalized spacial score (nSPS) is 15.3. The van der Waals surface area contributed by atoms with Crippen molar-refractivity contribution in [1.29, 1.82) is 0 Å². The monoisotopic (exact) mass is 631 g/mol. The molecule has 2 aromatic carbocycles. The molecule has 6 rings (SSSR count). The number of pyridine rings is 1. The van der Waals surface area contributed by atoms with Crippen molar-refractivity contribution in [3.05, 3.63) is 120 Å². The minimum Gasteiger partial charge on any atom is -0.463 e. The van der Waals surface area contributed by atoms with Gasteiger partial charge in [-0.2, -0.15) is 0 Å². The predicted octanol–water partition coefficient (Wildman–Crippen LogP) is 5.85. The molecule has 0 radical (unpaired) electrons. The summed E-state index contributed by atoms with van der Waals surface area (Å²) >= 11 is 6.25. The molecule has 0 amide bonds. The molecule has 4 heterocycles. The number of ether oxygens (including phenoxy) is 1.